The fourth-order valence-corrected chi connectivity index (χ4v) is 4.28. The van der Waals surface area contributed by atoms with E-state index in [0.29, 0.717) is 17.1 Å². The molecular weight excluding hydrogens is 472 g/mol. The van der Waals surface area contributed by atoms with Gasteiger partial charge in [0.1, 0.15) is 0 Å². The van der Waals surface area contributed by atoms with E-state index in [9.17, 15) is 9.59 Å². The molecule has 0 atom stereocenters. The van der Waals surface area contributed by atoms with E-state index in [-0.39, 0.29) is 11.7 Å². The van der Waals surface area contributed by atoms with Gasteiger partial charge in [0.25, 0.3) is 5.91 Å². The van der Waals surface area contributed by atoms with Gasteiger partial charge in [-0.05, 0) is 41.5 Å². The first-order chi connectivity index (χ1) is 16.5. The van der Waals surface area contributed by atoms with Crippen LogP contribution in [0.25, 0.3) is 11.0 Å². The fraction of sp³-hybridized carbons (Fsp3) is 0.120. The second-order valence-corrected chi connectivity index (χ2v) is 8.61. The summed E-state index contributed by atoms with van der Waals surface area (Å²) in [6.07, 6.45) is 1.51. The van der Waals surface area contributed by atoms with Crippen molar-refractivity contribution in [1.82, 2.24) is 15.0 Å². The zero-order chi connectivity index (χ0) is 23.9. The summed E-state index contributed by atoms with van der Waals surface area (Å²) in [6, 6.07) is 22.2. The summed E-state index contributed by atoms with van der Waals surface area (Å²) in [5.41, 5.74) is 6.50. The number of hydrogen-bond donors (Lipinski definition) is 1. The van der Waals surface area contributed by atoms with Crippen molar-refractivity contribution in [2.75, 3.05) is 12.9 Å². The van der Waals surface area contributed by atoms with Crippen molar-refractivity contribution < 1.29 is 14.3 Å². The first kappa shape index (κ1) is 23.5. The largest absolute Gasteiger partial charge is 0.465 e. The molecule has 172 valence electrons. The summed E-state index contributed by atoms with van der Waals surface area (Å²) in [7, 11) is 1.33. The number of benzene rings is 3. The third kappa shape index (κ3) is 5.65. The number of imidazole rings is 1. The van der Waals surface area contributed by atoms with Gasteiger partial charge in [-0.3, -0.25) is 4.79 Å². The molecule has 7 nitrogen and oxygen atoms in total. The quantitative estimate of drug-likeness (QED) is 0.166. The highest BCUT2D eigenvalue weighted by Crippen LogP contribution is 2.27. The van der Waals surface area contributed by atoms with Gasteiger partial charge in [-0.15, -0.1) is 0 Å². The maximum atomic E-state index is 12.4. The molecule has 4 aromatic rings. The van der Waals surface area contributed by atoms with Crippen LogP contribution in [0.5, 0.6) is 0 Å². The number of fused-ring (bicyclic) bond motifs is 1. The van der Waals surface area contributed by atoms with E-state index in [2.05, 4.69) is 19.8 Å². The number of nitrogens with zero attached hydrogens (tertiary/aromatic N) is 3. The van der Waals surface area contributed by atoms with E-state index < -0.39 is 5.97 Å². The lowest BCUT2D eigenvalue weighted by Crippen LogP contribution is -2.20. The lowest BCUT2D eigenvalue weighted by molar-refractivity contribution is -0.118. The zero-order valence-corrected chi connectivity index (χ0v) is 19.8. The van der Waals surface area contributed by atoms with Gasteiger partial charge in [-0.25, -0.2) is 15.2 Å². The molecule has 4 rings (SSSR count). The molecular formula is C25H21ClN4O3S. The molecule has 0 radical (unpaired) electrons. The van der Waals surface area contributed by atoms with Crippen molar-refractivity contribution in [2.24, 2.45) is 5.10 Å². The summed E-state index contributed by atoms with van der Waals surface area (Å²) in [4.78, 5) is 28.5. The molecule has 9 heteroatoms. The number of para-hydroxylation sites is 2. The Kier molecular flexibility index (Phi) is 7.61. The molecule has 0 unspecified atom stereocenters. The van der Waals surface area contributed by atoms with E-state index >= 15 is 0 Å². The summed E-state index contributed by atoms with van der Waals surface area (Å²) >= 11 is 7.70. The predicted octanol–water partition coefficient (Wildman–Crippen LogP) is 4.77. The molecule has 34 heavy (non-hydrogen) atoms. The number of carbonyl (C=O) groups is 2. The van der Waals surface area contributed by atoms with Crippen molar-refractivity contribution >= 4 is 52.5 Å². The molecule has 0 bridgehead atoms. The number of nitrogens with one attached hydrogen (secondary N) is 1. The average molecular weight is 493 g/mol. The Morgan fingerprint density at radius 3 is 2.59 bits per heavy atom. The third-order valence-corrected chi connectivity index (χ3v) is 6.32. The molecule has 0 aliphatic heterocycles. The number of rotatable bonds is 8. The van der Waals surface area contributed by atoms with Crippen LogP contribution in [0.15, 0.2) is 83.1 Å². The van der Waals surface area contributed by atoms with Gasteiger partial charge < -0.3 is 9.30 Å². The van der Waals surface area contributed by atoms with Crippen molar-refractivity contribution in [1.29, 1.82) is 0 Å². The number of esters is 1. The standard InChI is InChI=1S/C25H21ClN4O3S/c1-33-24(32)18-12-10-17(11-13-18)14-27-29-23(31)16-34-25-28-21-8-4-5-9-22(21)30(25)15-19-6-2-3-7-20(19)26/h2-14H,15-16H2,1H3,(H,29,31)/b27-14+. The Labute approximate surface area is 205 Å². The summed E-state index contributed by atoms with van der Waals surface area (Å²) in [5, 5.41) is 5.40. The van der Waals surface area contributed by atoms with E-state index in [4.69, 9.17) is 16.6 Å². The molecule has 0 saturated carbocycles. The Morgan fingerprint density at radius 1 is 1.09 bits per heavy atom. The SMILES string of the molecule is COC(=O)c1ccc(/C=N/NC(=O)CSc2nc3ccccc3n2Cc2ccccc2Cl)cc1. The van der Waals surface area contributed by atoms with Gasteiger partial charge in [-0.2, -0.15) is 5.10 Å². The Balaban J connectivity index is 1.41. The third-order valence-electron chi connectivity index (χ3n) is 4.97. The molecule has 0 saturated heterocycles. The number of thioether (sulfide) groups is 1. The maximum Gasteiger partial charge on any atom is 0.337 e. The number of amides is 1. The van der Waals surface area contributed by atoms with Crippen LogP contribution in [0.2, 0.25) is 5.02 Å². The van der Waals surface area contributed by atoms with Crippen molar-refractivity contribution in [3.63, 3.8) is 0 Å². The highest BCUT2D eigenvalue weighted by atomic mass is 35.5. The molecule has 3 aromatic carbocycles. The lowest BCUT2D eigenvalue weighted by atomic mass is 10.1. The highest BCUT2D eigenvalue weighted by molar-refractivity contribution is 7.99. The number of methoxy groups -OCH3 is 1. The van der Waals surface area contributed by atoms with Crippen LogP contribution in [0.4, 0.5) is 0 Å². The van der Waals surface area contributed by atoms with Gasteiger partial charge in [0.15, 0.2) is 5.16 Å². The summed E-state index contributed by atoms with van der Waals surface area (Å²) in [6.45, 7) is 0.545. The average Bonchev–Trinajstić information content (AvgIpc) is 3.21. The minimum Gasteiger partial charge on any atom is -0.465 e. The Morgan fingerprint density at radius 2 is 1.82 bits per heavy atom. The highest BCUT2D eigenvalue weighted by Gasteiger charge is 2.14. The van der Waals surface area contributed by atoms with Crippen molar-refractivity contribution in [3.05, 3.63) is 94.5 Å². The van der Waals surface area contributed by atoms with E-state index in [1.807, 2.05) is 48.5 Å². The van der Waals surface area contributed by atoms with E-state index in [1.165, 1.54) is 25.1 Å². The van der Waals surface area contributed by atoms with Crippen molar-refractivity contribution in [3.8, 4) is 0 Å². The van der Waals surface area contributed by atoms with Gasteiger partial charge in [0.05, 0.1) is 42.2 Å². The van der Waals surface area contributed by atoms with Gasteiger partial charge in [-0.1, -0.05) is 65.8 Å². The van der Waals surface area contributed by atoms with E-state index in [1.54, 1.807) is 24.3 Å². The second-order valence-electron chi connectivity index (χ2n) is 7.26. The molecule has 0 fully saturated rings. The van der Waals surface area contributed by atoms with Crippen molar-refractivity contribution in [2.45, 2.75) is 11.7 Å². The maximum absolute atomic E-state index is 12.4. The van der Waals surface area contributed by atoms with Gasteiger partial charge >= 0.3 is 5.97 Å². The fourth-order valence-electron chi connectivity index (χ4n) is 3.28. The van der Waals surface area contributed by atoms with Crippen LogP contribution in [0.1, 0.15) is 21.5 Å². The first-order valence-electron chi connectivity index (χ1n) is 10.4. The van der Waals surface area contributed by atoms with Crippen LogP contribution in [0.3, 0.4) is 0 Å². The monoisotopic (exact) mass is 492 g/mol. The van der Waals surface area contributed by atoms with Gasteiger partial charge in [0, 0.05) is 5.02 Å². The lowest BCUT2D eigenvalue weighted by Gasteiger charge is -2.10. The molecule has 1 amide bonds. The predicted molar refractivity (Wildman–Crippen MR) is 135 cm³/mol. The van der Waals surface area contributed by atoms with Gasteiger partial charge in [0.2, 0.25) is 0 Å². The van der Waals surface area contributed by atoms with E-state index in [0.717, 1.165) is 27.3 Å². The van der Waals surface area contributed by atoms with Crippen LogP contribution < -0.4 is 5.43 Å². The molecule has 1 aromatic heterocycles. The number of carbonyl (C=O) groups excluding carboxylic acids is 2. The van der Waals surface area contributed by atoms with Crippen LogP contribution in [-0.4, -0.2) is 40.5 Å². The molecule has 0 aliphatic rings. The Bertz CT molecular complexity index is 1350. The zero-order valence-electron chi connectivity index (χ0n) is 18.3. The van der Waals surface area contributed by atoms with Crippen LogP contribution in [0, 0.1) is 0 Å². The number of aromatic nitrogens is 2. The Hall–Kier alpha value is -3.62. The first-order valence-corrected chi connectivity index (χ1v) is 11.7. The molecule has 1 N–H and O–H groups in total. The van der Waals surface area contributed by atoms with Crippen LogP contribution >= 0.6 is 23.4 Å². The molecule has 0 aliphatic carbocycles. The van der Waals surface area contributed by atoms with Crippen LogP contribution in [-0.2, 0) is 16.1 Å². The topological polar surface area (TPSA) is 85.6 Å². The number of hydrogen-bond acceptors (Lipinski definition) is 6. The number of halogens is 1. The molecule has 1 heterocycles. The normalized spacial score (nSPS) is 11.1. The second kappa shape index (κ2) is 11.0. The number of hydrazone groups is 1. The minimum atomic E-state index is -0.408. The summed E-state index contributed by atoms with van der Waals surface area (Å²) < 4.78 is 6.73. The molecule has 0 spiro atoms. The smallest absolute Gasteiger partial charge is 0.337 e. The number of ether oxygens (including phenoxy) is 1. The summed E-state index contributed by atoms with van der Waals surface area (Å²) in [5.74, 6) is -0.525. The minimum absolute atomic E-state index is 0.143.